The molecule has 0 aliphatic carbocycles. The van der Waals surface area contributed by atoms with Gasteiger partial charge in [0.05, 0.1) is 5.71 Å². The number of nitrogens with zero attached hydrogens (tertiary/aromatic N) is 1. The van der Waals surface area contributed by atoms with Crippen LogP contribution in [-0.2, 0) is 0 Å². The van der Waals surface area contributed by atoms with Gasteiger partial charge in [0.2, 0.25) is 0 Å². The van der Waals surface area contributed by atoms with Gasteiger partial charge < -0.3 is 5.32 Å². The quantitative estimate of drug-likeness (QED) is 0.312. The molecule has 0 aliphatic rings. The van der Waals surface area contributed by atoms with E-state index in [2.05, 4.69) is 41.8 Å². The van der Waals surface area contributed by atoms with Crippen LogP contribution < -0.4 is 10.7 Å². The minimum Gasteiger partial charge on any atom is -0.331 e. The second-order valence-electron chi connectivity index (χ2n) is 5.81. The van der Waals surface area contributed by atoms with Crippen LogP contribution in [-0.4, -0.2) is 10.8 Å². The van der Waals surface area contributed by atoms with Crippen LogP contribution in [0.4, 0.5) is 5.69 Å². The van der Waals surface area contributed by atoms with Crippen molar-refractivity contribution in [3.05, 3.63) is 65.7 Å². The average molecular weight is 340 g/mol. The second kappa shape index (κ2) is 9.83. The number of rotatable bonds is 7. The third-order valence-electron chi connectivity index (χ3n) is 3.73. The number of aryl methyl sites for hydroxylation is 1. The highest BCUT2D eigenvalue weighted by Gasteiger charge is 2.04. The van der Waals surface area contributed by atoms with Gasteiger partial charge >= 0.3 is 0 Å². The van der Waals surface area contributed by atoms with Crippen molar-refractivity contribution in [1.82, 2.24) is 5.43 Å². The van der Waals surface area contributed by atoms with E-state index in [-0.39, 0.29) is 0 Å². The standard InChI is InChI=1S/C20H25N3S/c1-3-4-6-11-19(17-9-7-5-8-10-17)22-23-20(24)21-18-14-12-16(2)13-15-18/h5,7-10,12-15H,3-4,6,11H2,1-2H3,(H2,21,23,24)/b22-19-. The van der Waals surface area contributed by atoms with Crippen LogP contribution in [0.1, 0.15) is 43.7 Å². The molecule has 0 saturated heterocycles. The third-order valence-corrected chi connectivity index (χ3v) is 3.92. The molecule has 0 heterocycles. The Bertz CT molecular complexity index is 663. The van der Waals surface area contributed by atoms with Gasteiger partial charge in [-0.2, -0.15) is 5.10 Å². The monoisotopic (exact) mass is 339 g/mol. The summed E-state index contributed by atoms with van der Waals surface area (Å²) >= 11 is 5.34. The number of nitrogens with one attached hydrogen (secondary N) is 2. The van der Waals surface area contributed by atoms with Crippen LogP contribution in [0.25, 0.3) is 0 Å². The highest BCUT2D eigenvalue weighted by atomic mass is 32.1. The molecule has 24 heavy (non-hydrogen) atoms. The number of hydrogen-bond donors (Lipinski definition) is 2. The van der Waals surface area contributed by atoms with Crippen molar-refractivity contribution in [2.45, 2.75) is 39.5 Å². The van der Waals surface area contributed by atoms with Crippen molar-refractivity contribution >= 4 is 28.7 Å². The number of unbranched alkanes of at least 4 members (excludes halogenated alkanes) is 2. The van der Waals surface area contributed by atoms with E-state index in [9.17, 15) is 0 Å². The lowest BCUT2D eigenvalue weighted by Gasteiger charge is -2.10. The number of hydrogen-bond acceptors (Lipinski definition) is 2. The molecular weight excluding hydrogens is 314 g/mol. The summed E-state index contributed by atoms with van der Waals surface area (Å²) in [6.45, 7) is 4.27. The molecule has 0 aromatic heterocycles. The molecule has 0 unspecified atom stereocenters. The summed E-state index contributed by atoms with van der Waals surface area (Å²) in [7, 11) is 0. The smallest absolute Gasteiger partial charge is 0.191 e. The molecule has 4 heteroatoms. The Morgan fingerprint density at radius 3 is 2.38 bits per heavy atom. The maximum absolute atomic E-state index is 5.34. The van der Waals surface area contributed by atoms with Crippen molar-refractivity contribution in [2.24, 2.45) is 5.10 Å². The van der Waals surface area contributed by atoms with E-state index in [0.29, 0.717) is 5.11 Å². The van der Waals surface area contributed by atoms with Crippen LogP contribution in [0.2, 0.25) is 0 Å². The lowest BCUT2D eigenvalue weighted by atomic mass is 10.0. The van der Waals surface area contributed by atoms with Crippen molar-refractivity contribution in [3.8, 4) is 0 Å². The van der Waals surface area contributed by atoms with Crippen LogP contribution >= 0.6 is 12.2 Å². The molecular formula is C20H25N3S. The predicted octanol–water partition coefficient (Wildman–Crippen LogP) is 5.27. The fourth-order valence-electron chi connectivity index (χ4n) is 2.35. The second-order valence-corrected chi connectivity index (χ2v) is 6.22. The average Bonchev–Trinajstić information content (AvgIpc) is 2.61. The van der Waals surface area contributed by atoms with Gasteiger partial charge in [-0.3, -0.25) is 5.43 Å². The SMILES string of the molecule is CCCCC/C(=N/NC(=S)Nc1ccc(C)cc1)c1ccccc1. The minimum atomic E-state index is 0.503. The molecule has 0 bridgehead atoms. The molecule has 0 atom stereocenters. The molecule has 2 aromatic carbocycles. The lowest BCUT2D eigenvalue weighted by molar-refractivity contribution is 0.739. The summed E-state index contributed by atoms with van der Waals surface area (Å²) in [5.41, 5.74) is 7.34. The van der Waals surface area contributed by atoms with Crippen molar-refractivity contribution in [2.75, 3.05) is 5.32 Å². The minimum absolute atomic E-state index is 0.503. The fourth-order valence-corrected chi connectivity index (χ4v) is 2.52. The van der Waals surface area contributed by atoms with Gasteiger partial charge in [-0.05, 0) is 49.7 Å². The Balaban J connectivity index is 2.00. The molecule has 0 saturated carbocycles. The van der Waals surface area contributed by atoms with Gasteiger partial charge in [0.25, 0.3) is 0 Å². The van der Waals surface area contributed by atoms with Crippen LogP contribution in [0.5, 0.6) is 0 Å². The van der Waals surface area contributed by atoms with E-state index >= 15 is 0 Å². The van der Waals surface area contributed by atoms with Crippen LogP contribution in [0.3, 0.4) is 0 Å². The first-order valence-corrected chi connectivity index (χ1v) is 8.85. The Morgan fingerprint density at radius 1 is 1.00 bits per heavy atom. The molecule has 2 rings (SSSR count). The van der Waals surface area contributed by atoms with Gasteiger partial charge in [-0.25, -0.2) is 0 Å². The number of thiocarbonyl (C=S) groups is 1. The topological polar surface area (TPSA) is 36.4 Å². The van der Waals surface area contributed by atoms with E-state index < -0.39 is 0 Å². The molecule has 0 spiro atoms. The van der Waals surface area contributed by atoms with Crippen molar-refractivity contribution in [1.29, 1.82) is 0 Å². The van der Waals surface area contributed by atoms with Gasteiger partial charge in [-0.15, -0.1) is 0 Å². The van der Waals surface area contributed by atoms with Gasteiger partial charge in [0.1, 0.15) is 0 Å². The summed E-state index contributed by atoms with van der Waals surface area (Å²) in [6.07, 6.45) is 4.48. The normalized spacial score (nSPS) is 11.2. The zero-order valence-corrected chi connectivity index (χ0v) is 15.2. The van der Waals surface area contributed by atoms with E-state index in [1.165, 1.54) is 18.4 Å². The van der Waals surface area contributed by atoms with E-state index in [4.69, 9.17) is 12.2 Å². The molecule has 0 aliphatic heterocycles. The molecule has 0 fully saturated rings. The largest absolute Gasteiger partial charge is 0.331 e. The molecule has 3 nitrogen and oxygen atoms in total. The Kier molecular flexibility index (Phi) is 7.43. The first-order chi connectivity index (χ1) is 11.7. The summed E-state index contributed by atoms with van der Waals surface area (Å²) in [5, 5.41) is 8.20. The lowest BCUT2D eigenvalue weighted by Crippen LogP contribution is -2.25. The molecule has 0 amide bonds. The van der Waals surface area contributed by atoms with E-state index in [1.54, 1.807) is 0 Å². The summed E-state index contributed by atoms with van der Waals surface area (Å²) < 4.78 is 0. The van der Waals surface area contributed by atoms with Gasteiger partial charge in [0.15, 0.2) is 5.11 Å². The Morgan fingerprint density at radius 2 is 1.71 bits per heavy atom. The van der Waals surface area contributed by atoms with E-state index in [1.807, 2.05) is 42.5 Å². The molecule has 2 N–H and O–H groups in total. The fraction of sp³-hybridized carbons (Fsp3) is 0.300. The maximum Gasteiger partial charge on any atom is 0.191 e. The zero-order chi connectivity index (χ0) is 17.2. The molecule has 0 radical (unpaired) electrons. The highest BCUT2D eigenvalue weighted by Crippen LogP contribution is 2.10. The van der Waals surface area contributed by atoms with Crippen LogP contribution in [0.15, 0.2) is 59.7 Å². The molecule has 126 valence electrons. The van der Waals surface area contributed by atoms with Crippen molar-refractivity contribution < 1.29 is 0 Å². The summed E-state index contributed by atoms with van der Waals surface area (Å²) in [4.78, 5) is 0. The third kappa shape index (κ3) is 6.13. The summed E-state index contributed by atoms with van der Waals surface area (Å²) in [6, 6.07) is 18.4. The number of anilines is 1. The highest BCUT2D eigenvalue weighted by molar-refractivity contribution is 7.80. The van der Waals surface area contributed by atoms with Gasteiger partial charge in [-0.1, -0.05) is 67.8 Å². The zero-order valence-electron chi connectivity index (χ0n) is 14.4. The first kappa shape index (κ1) is 18.1. The van der Waals surface area contributed by atoms with Gasteiger partial charge in [0, 0.05) is 5.69 Å². The maximum atomic E-state index is 5.34. The van der Waals surface area contributed by atoms with Crippen LogP contribution in [0, 0.1) is 6.92 Å². The number of hydrazone groups is 1. The first-order valence-electron chi connectivity index (χ1n) is 8.44. The van der Waals surface area contributed by atoms with Crippen molar-refractivity contribution in [3.63, 3.8) is 0 Å². The van der Waals surface area contributed by atoms with E-state index in [0.717, 1.165) is 29.8 Å². The Hall–Kier alpha value is -2.20. The summed E-state index contributed by atoms with van der Waals surface area (Å²) in [5.74, 6) is 0. The Labute approximate surface area is 150 Å². The molecule has 2 aromatic rings. The predicted molar refractivity (Wildman–Crippen MR) is 108 cm³/mol. The number of benzene rings is 2.